The summed E-state index contributed by atoms with van der Waals surface area (Å²) in [6.07, 6.45) is 3.68. The molecule has 0 radical (unpaired) electrons. The number of nitrogens with zero attached hydrogens (tertiary/aromatic N) is 1. The smallest absolute Gasteiger partial charge is 0.236 e. The van der Waals surface area contributed by atoms with Crippen molar-refractivity contribution in [2.45, 2.75) is 38.4 Å². The monoisotopic (exact) mass is 359 g/mol. The summed E-state index contributed by atoms with van der Waals surface area (Å²) in [5.74, 6) is 0.886. The van der Waals surface area contributed by atoms with Crippen molar-refractivity contribution in [3.05, 3.63) is 35.9 Å². The molecule has 3 N–H and O–H groups in total. The summed E-state index contributed by atoms with van der Waals surface area (Å²) in [4.78, 5) is 14.1. The number of hydrogen-bond donors (Lipinski definition) is 2. The van der Waals surface area contributed by atoms with E-state index in [1.807, 2.05) is 12.3 Å². The van der Waals surface area contributed by atoms with Crippen LogP contribution in [0.25, 0.3) is 0 Å². The Morgan fingerprint density at radius 1 is 1.30 bits per heavy atom. The number of thioether (sulfide) groups is 1. The summed E-state index contributed by atoms with van der Waals surface area (Å²) < 4.78 is 0. The molecule has 1 aromatic rings. The summed E-state index contributed by atoms with van der Waals surface area (Å²) in [5, 5.41) is 2.94. The van der Waals surface area contributed by atoms with E-state index in [9.17, 15) is 4.79 Å². The van der Waals surface area contributed by atoms with Crippen LogP contribution >= 0.6 is 24.2 Å². The second-order valence-corrected chi connectivity index (χ2v) is 6.70. The zero-order valence-electron chi connectivity index (χ0n) is 14.3. The van der Waals surface area contributed by atoms with Gasteiger partial charge in [-0.2, -0.15) is 11.8 Å². The topological polar surface area (TPSA) is 58.4 Å². The summed E-state index contributed by atoms with van der Waals surface area (Å²) in [5.41, 5.74) is 7.15. The molecule has 4 nitrogen and oxygen atoms in total. The molecule has 2 atom stereocenters. The maximum Gasteiger partial charge on any atom is 0.236 e. The van der Waals surface area contributed by atoms with Gasteiger partial charge in [0.15, 0.2) is 0 Å². The highest BCUT2D eigenvalue weighted by molar-refractivity contribution is 7.98. The quantitative estimate of drug-likeness (QED) is 0.674. The number of nitrogens with one attached hydrogen (secondary N) is 1. The van der Waals surface area contributed by atoms with Gasteiger partial charge >= 0.3 is 0 Å². The summed E-state index contributed by atoms with van der Waals surface area (Å²) >= 11 is 1.71. The van der Waals surface area contributed by atoms with Crippen molar-refractivity contribution in [2.24, 2.45) is 5.73 Å². The predicted octanol–water partition coefficient (Wildman–Crippen LogP) is 2.52. The van der Waals surface area contributed by atoms with Gasteiger partial charge in [0.05, 0.1) is 6.04 Å². The Labute approximate surface area is 151 Å². The van der Waals surface area contributed by atoms with E-state index in [0.717, 1.165) is 25.1 Å². The maximum atomic E-state index is 11.8. The Morgan fingerprint density at radius 3 is 2.57 bits per heavy atom. The molecule has 0 fully saturated rings. The Hall–Kier alpha value is -0.750. The van der Waals surface area contributed by atoms with Crippen LogP contribution in [0.2, 0.25) is 0 Å². The van der Waals surface area contributed by atoms with Crippen LogP contribution in [-0.4, -0.2) is 48.5 Å². The molecule has 0 saturated heterocycles. The molecule has 6 heteroatoms. The van der Waals surface area contributed by atoms with E-state index in [1.54, 1.807) is 11.8 Å². The van der Waals surface area contributed by atoms with Crippen molar-refractivity contribution < 1.29 is 4.79 Å². The largest absolute Gasteiger partial charge is 0.355 e. The first kappa shape index (κ1) is 22.2. The molecule has 1 rings (SSSR count). The molecule has 0 saturated carbocycles. The van der Waals surface area contributed by atoms with Crippen LogP contribution in [0, 0.1) is 0 Å². The molecule has 0 heterocycles. The van der Waals surface area contributed by atoms with Crippen LogP contribution in [0.1, 0.15) is 25.3 Å². The van der Waals surface area contributed by atoms with E-state index < -0.39 is 0 Å². The SMILES string of the molecule is CSCC[C@H](N)C(=O)NCCC(C)N(C)Cc1ccccc1.Cl. The highest BCUT2D eigenvalue weighted by Crippen LogP contribution is 2.08. The number of rotatable bonds is 10. The van der Waals surface area contributed by atoms with Gasteiger partial charge in [0.1, 0.15) is 0 Å². The number of carbonyl (C=O) groups is 1. The summed E-state index contributed by atoms with van der Waals surface area (Å²) in [7, 11) is 2.11. The highest BCUT2D eigenvalue weighted by Gasteiger charge is 2.14. The van der Waals surface area contributed by atoms with Gasteiger partial charge in [0, 0.05) is 19.1 Å². The Bertz CT molecular complexity index is 433. The van der Waals surface area contributed by atoms with Crippen LogP contribution in [0.5, 0.6) is 0 Å². The molecular formula is C17H30ClN3OS. The molecule has 1 aromatic carbocycles. The molecule has 23 heavy (non-hydrogen) atoms. The van der Waals surface area contributed by atoms with Gasteiger partial charge in [0.25, 0.3) is 0 Å². The van der Waals surface area contributed by atoms with Crippen molar-refractivity contribution in [1.29, 1.82) is 0 Å². The highest BCUT2D eigenvalue weighted by atomic mass is 35.5. The van der Waals surface area contributed by atoms with Crippen LogP contribution in [0.15, 0.2) is 30.3 Å². The molecule has 0 aliphatic rings. The van der Waals surface area contributed by atoms with Gasteiger partial charge < -0.3 is 11.1 Å². The van der Waals surface area contributed by atoms with E-state index in [1.165, 1.54) is 5.56 Å². The lowest BCUT2D eigenvalue weighted by Crippen LogP contribution is -2.42. The third kappa shape index (κ3) is 9.20. The molecular weight excluding hydrogens is 330 g/mol. The summed E-state index contributed by atoms with van der Waals surface area (Å²) in [6, 6.07) is 10.4. The third-order valence-electron chi connectivity index (χ3n) is 3.86. The summed E-state index contributed by atoms with van der Waals surface area (Å²) in [6.45, 7) is 3.78. The number of nitrogens with two attached hydrogens (primary N) is 1. The van der Waals surface area contributed by atoms with Crippen molar-refractivity contribution in [3.8, 4) is 0 Å². The minimum atomic E-state index is -0.384. The van der Waals surface area contributed by atoms with Crippen LogP contribution in [-0.2, 0) is 11.3 Å². The lowest BCUT2D eigenvalue weighted by Gasteiger charge is -2.25. The van der Waals surface area contributed by atoms with Crippen LogP contribution in [0.4, 0.5) is 0 Å². The van der Waals surface area contributed by atoms with Gasteiger partial charge in [-0.15, -0.1) is 12.4 Å². The average molecular weight is 360 g/mol. The molecule has 0 bridgehead atoms. The van der Waals surface area contributed by atoms with Crippen LogP contribution < -0.4 is 11.1 Å². The number of benzene rings is 1. The van der Waals surface area contributed by atoms with E-state index >= 15 is 0 Å². The van der Waals surface area contributed by atoms with Crippen molar-refractivity contribution in [2.75, 3.05) is 25.6 Å². The average Bonchev–Trinajstić information content (AvgIpc) is 2.53. The lowest BCUT2D eigenvalue weighted by atomic mass is 10.1. The molecule has 0 aliphatic carbocycles. The minimum absolute atomic E-state index is 0. The van der Waals surface area contributed by atoms with Crippen molar-refractivity contribution >= 4 is 30.1 Å². The van der Waals surface area contributed by atoms with E-state index in [0.29, 0.717) is 12.6 Å². The molecule has 0 aliphatic heterocycles. The molecule has 0 spiro atoms. The van der Waals surface area contributed by atoms with Crippen molar-refractivity contribution in [3.63, 3.8) is 0 Å². The molecule has 0 aromatic heterocycles. The molecule has 1 amide bonds. The van der Waals surface area contributed by atoms with Gasteiger partial charge in [-0.1, -0.05) is 30.3 Å². The van der Waals surface area contributed by atoms with Gasteiger partial charge in [-0.3, -0.25) is 9.69 Å². The fraction of sp³-hybridized carbons (Fsp3) is 0.588. The van der Waals surface area contributed by atoms with E-state index in [4.69, 9.17) is 5.73 Å². The van der Waals surface area contributed by atoms with Crippen LogP contribution in [0.3, 0.4) is 0 Å². The maximum absolute atomic E-state index is 11.8. The zero-order valence-corrected chi connectivity index (χ0v) is 16.0. The minimum Gasteiger partial charge on any atom is -0.355 e. The fourth-order valence-electron chi connectivity index (χ4n) is 2.16. The number of hydrogen-bond acceptors (Lipinski definition) is 4. The first-order valence-electron chi connectivity index (χ1n) is 7.81. The Balaban J connectivity index is 0.00000484. The fourth-order valence-corrected chi connectivity index (χ4v) is 2.65. The number of amides is 1. The third-order valence-corrected chi connectivity index (χ3v) is 4.50. The second kappa shape index (κ2) is 12.6. The van der Waals surface area contributed by atoms with E-state index in [2.05, 4.69) is 48.5 Å². The first-order valence-corrected chi connectivity index (χ1v) is 9.20. The number of carbonyl (C=O) groups excluding carboxylic acids is 1. The van der Waals surface area contributed by atoms with Gasteiger partial charge in [-0.25, -0.2) is 0 Å². The Morgan fingerprint density at radius 2 is 1.96 bits per heavy atom. The molecule has 132 valence electrons. The van der Waals surface area contributed by atoms with Crippen molar-refractivity contribution in [1.82, 2.24) is 10.2 Å². The normalized spacial score (nSPS) is 13.3. The van der Waals surface area contributed by atoms with E-state index in [-0.39, 0.29) is 24.4 Å². The van der Waals surface area contributed by atoms with Gasteiger partial charge in [-0.05, 0) is 44.4 Å². The zero-order chi connectivity index (χ0) is 16.4. The second-order valence-electron chi connectivity index (χ2n) is 5.72. The Kier molecular flexibility index (Phi) is 12.2. The lowest BCUT2D eigenvalue weighted by molar-refractivity contribution is -0.122. The van der Waals surface area contributed by atoms with Gasteiger partial charge in [0.2, 0.25) is 5.91 Å². The first-order chi connectivity index (χ1) is 10.5. The standard InChI is InChI=1S/C17H29N3OS.ClH/c1-14(20(2)13-15-7-5-4-6-8-15)9-11-19-17(21)16(18)10-12-22-3;/h4-8,14,16H,9-13,18H2,1-3H3,(H,19,21);1H/t14?,16-;/m0./s1. The molecule has 1 unspecified atom stereocenters. The predicted molar refractivity (Wildman–Crippen MR) is 103 cm³/mol. The number of halogens is 1.